The fraction of sp³-hybridized carbons (Fsp3) is 0.769. The highest BCUT2D eigenvalue weighted by atomic mass is 16.3. The van der Waals surface area contributed by atoms with Crippen LogP contribution in [0.15, 0.2) is 18.2 Å². The summed E-state index contributed by atoms with van der Waals surface area (Å²) in [5.74, 6) is 1.92. The topological polar surface area (TPSA) is 46.2 Å². The van der Waals surface area contributed by atoms with Gasteiger partial charge in [-0.05, 0) is 66.5 Å². The number of benzene rings is 1. The number of hydrogen-bond acceptors (Lipinski definition) is 2. The number of rotatable bonds is 12. The number of hydrogen-bond donors (Lipinski definition) is 2. The van der Waals surface area contributed by atoms with Crippen LogP contribution in [0.3, 0.4) is 0 Å². The van der Waals surface area contributed by atoms with Gasteiger partial charge in [0.1, 0.15) is 0 Å². The molecule has 160 valence electrons. The zero-order chi connectivity index (χ0) is 20.6. The molecule has 28 heavy (non-hydrogen) atoms. The molecule has 3 N–H and O–H groups in total. The van der Waals surface area contributed by atoms with Crippen molar-refractivity contribution in [2.24, 2.45) is 11.7 Å². The van der Waals surface area contributed by atoms with Crippen molar-refractivity contribution in [3.8, 4) is 0 Å². The molecule has 1 aromatic rings. The molecule has 4 unspecified atom stereocenters. The van der Waals surface area contributed by atoms with E-state index in [1.54, 1.807) is 11.1 Å². The average molecular weight is 388 g/mol. The second-order valence-electron chi connectivity index (χ2n) is 9.56. The first-order valence-corrected chi connectivity index (χ1v) is 12.0. The molecule has 0 bridgehead atoms. The van der Waals surface area contributed by atoms with Crippen molar-refractivity contribution in [3.63, 3.8) is 0 Å². The van der Waals surface area contributed by atoms with Crippen molar-refractivity contribution in [1.29, 1.82) is 0 Å². The minimum Gasteiger partial charge on any atom is -0.394 e. The van der Waals surface area contributed by atoms with Gasteiger partial charge in [-0.1, -0.05) is 84.4 Å². The molecule has 1 aliphatic carbocycles. The zero-order valence-corrected chi connectivity index (χ0v) is 19.0. The maximum Gasteiger partial charge on any atom is 0.0611 e. The van der Waals surface area contributed by atoms with Crippen LogP contribution >= 0.6 is 0 Å². The van der Waals surface area contributed by atoms with E-state index < -0.39 is 0 Å². The minimum absolute atomic E-state index is 0.107. The fourth-order valence-corrected chi connectivity index (χ4v) is 4.94. The summed E-state index contributed by atoms with van der Waals surface area (Å²) in [6.45, 7) is 9.43. The van der Waals surface area contributed by atoms with Crippen LogP contribution in [0.2, 0.25) is 0 Å². The first-order chi connectivity index (χ1) is 13.5. The molecular weight excluding hydrogens is 342 g/mol. The summed E-state index contributed by atoms with van der Waals surface area (Å²) < 4.78 is 0. The predicted molar refractivity (Wildman–Crippen MR) is 122 cm³/mol. The van der Waals surface area contributed by atoms with Gasteiger partial charge in [0.15, 0.2) is 0 Å². The summed E-state index contributed by atoms with van der Waals surface area (Å²) in [5, 5.41) is 9.62. The van der Waals surface area contributed by atoms with E-state index in [-0.39, 0.29) is 12.1 Å². The molecule has 1 aromatic carbocycles. The Morgan fingerprint density at radius 3 is 2.54 bits per heavy atom. The SMILES string of the molecule is CCCCCCC(CC)Cc1ccc(C2CCC(N)(CO)C2)cc1C(C)CC. The van der Waals surface area contributed by atoms with Gasteiger partial charge >= 0.3 is 0 Å². The maximum atomic E-state index is 9.62. The van der Waals surface area contributed by atoms with Gasteiger partial charge in [0, 0.05) is 5.54 Å². The van der Waals surface area contributed by atoms with Crippen LogP contribution in [-0.2, 0) is 6.42 Å². The largest absolute Gasteiger partial charge is 0.394 e. The molecular formula is C26H45NO. The van der Waals surface area contributed by atoms with Crippen molar-refractivity contribution in [2.75, 3.05) is 6.61 Å². The van der Waals surface area contributed by atoms with E-state index in [2.05, 4.69) is 45.9 Å². The first kappa shape index (κ1) is 23.4. The highest BCUT2D eigenvalue weighted by Gasteiger charge is 2.36. The van der Waals surface area contributed by atoms with E-state index in [4.69, 9.17) is 5.73 Å². The molecule has 2 heteroatoms. The van der Waals surface area contributed by atoms with Crippen LogP contribution in [0.5, 0.6) is 0 Å². The smallest absolute Gasteiger partial charge is 0.0611 e. The third kappa shape index (κ3) is 6.32. The summed E-state index contributed by atoms with van der Waals surface area (Å²) in [6.07, 6.45) is 13.5. The summed E-state index contributed by atoms with van der Waals surface area (Å²) in [7, 11) is 0. The summed E-state index contributed by atoms with van der Waals surface area (Å²) in [6, 6.07) is 7.26. The second-order valence-corrected chi connectivity index (χ2v) is 9.56. The lowest BCUT2D eigenvalue weighted by molar-refractivity contribution is 0.198. The lowest BCUT2D eigenvalue weighted by Crippen LogP contribution is -2.40. The van der Waals surface area contributed by atoms with Crippen molar-refractivity contribution in [2.45, 2.75) is 116 Å². The highest BCUT2D eigenvalue weighted by molar-refractivity contribution is 5.37. The van der Waals surface area contributed by atoms with Crippen LogP contribution in [-0.4, -0.2) is 17.3 Å². The standard InChI is InChI=1S/C26H45NO/c1-5-8-9-10-11-21(7-3)16-23-13-12-22(17-25(23)20(4)6-2)24-14-15-26(27,18-24)19-28/h12-13,17,20-21,24,28H,5-11,14-16,18-19,27H2,1-4H3. The highest BCUT2D eigenvalue weighted by Crippen LogP contribution is 2.41. The first-order valence-electron chi connectivity index (χ1n) is 12.0. The monoisotopic (exact) mass is 387 g/mol. The molecule has 1 aliphatic rings. The van der Waals surface area contributed by atoms with E-state index in [0.717, 1.165) is 25.2 Å². The number of aliphatic hydroxyl groups excluding tert-OH is 1. The van der Waals surface area contributed by atoms with Gasteiger partial charge < -0.3 is 10.8 Å². The quantitative estimate of drug-likeness (QED) is 0.392. The maximum absolute atomic E-state index is 9.62. The number of aliphatic hydroxyl groups is 1. The van der Waals surface area contributed by atoms with E-state index in [9.17, 15) is 5.11 Å². The van der Waals surface area contributed by atoms with Crippen molar-refractivity contribution < 1.29 is 5.11 Å². The van der Waals surface area contributed by atoms with Crippen LogP contribution in [0.1, 0.15) is 120 Å². The van der Waals surface area contributed by atoms with Crippen molar-refractivity contribution >= 4 is 0 Å². The molecule has 0 aliphatic heterocycles. The molecule has 0 radical (unpaired) electrons. The average Bonchev–Trinajstić information content (AvgIpc) is 3.12. The van der Waals surface area contributed by atoms with Crippen LogP contribution < -0.4 is 5.73 Å². The Labute approximate surface area is 174 Å². The number of unbranched alkanes of at least 4 members (excludes halogenated alkanes) is 3. The number of nitrogens with two attached hydrogens (primary N) is 1. The molecule has 0 amide bonds. The molecule has 0 saturated heterocycles. The van der Waals surface area contributed by atoms with Gasteiger partial charge in [0.25, 0.3) is 0 Å². The Kier molecular flexibility index (Phi) is 9.50. The lowest BCUT2D eigenvalue weighted by atomic mass is 9.83. The molecule has 4 atom stereocenters. The molecule has 2 nitrogen and oxygen atoms in total. The normalized spacial score (nSPS) is 24.4. The molecule has 2 rings (SSSR count). The Hall–Kier alpha value is -0.860. The fourth-order valence-electron chi connectivity index (χ4n) is 4.94. The molecule has 1 saturated carbocycles. The van der Waals surface area contributed by atoms with E-state index in [1.807, 2.05) is 0 Å². The van der Waals surface area contributed by atoms with Crippen LogP contribution in [0.4, 0.5) is 0 Å². The third-order valence-electron chi connectivity index (χ3n) is 7.29. The molecule has 1 fully saturated rings. The Morgan fingerprint density at radius 1 is 1.14 bits per heavy atom. The van der Waals surface area contributed by atoms with Gasteiger partial charge in [0.2, 0.25) is 0 Å². The molecule has 0 spiro atoms. The summed E-state index contributed by atoms with van der Waals surface area (Å²) in [4.78, 5) is 0. The summed E-state index contributed by atoms with van der Waals surface area (Å²) in [5.41, 5.74) is 10.5. The lowest BCUT2D eigenvalue weighted by Gasteiger charge is -2.23. The van der Waals surface area contributed by atoms with Gasteiger partial charge in [-0.3, -0.25) is 0 Å². The van der Waals surface area contributed by atoms with E-state index in [0.29, 0.717) is 11.8 Å². The van der Waals surface area contributed by atoms with Crippen LogP contribution in [0, 0.1) is 5.92 Å². The van der Waals surface area contributed by atoms with E-state index >= 15 is 0 Å². The zero-order valence-electron chi connectivity index (χ0n) is 19.0. The third-order valence-corrected chi connectivity index (χ3v) is 7.29. The van der Waals surface area contributed by atoms with Gasteiger partial charge in [-0.25, -0.2) is 0 Å². The van der Waals surface area contributed by atoms with Crippen molar-refractivity contribution in [3.05, 3.63) is 34.9 Å². The van der Waals surface area contributed by atoms with Crippen molar-refractivity contribution in [1.82, 2.24) is 0 Å². The van der Waals surface area contributed by atoms with Crippen LogP contribution in [0.25, 0.3) is 0 Å². The molecule has 0 heterocycles. The Bertz CT molecular complexity index is 584. The second kappa shape index (κ2) is 11.4. The Balaban J connectivity index is 2.13. The van der Waals surface area contributed by atoms with Gasteiger partial charge in [0.05, 0.1) is 6.61 Å². The predicted octanol–water partition coefficient (Wildman–Crippen LogP) is 6.70. The van der Waals surface area contributed by atoms with E-state index in [1.165, 1.54) is 56.9 Å². The van der Waals surface area contributed by atoms with Gasteiger partial charge in [-0.2, -0.15) is 0 Å². The van der Waals surface area contributed by atoms with Gasteiger partial charge in [-0.15, -0.1) is 0 Å². The Morgan fingerprint density at radius 2 is 1.93 bits per heavy atom. The minimum atomic E-state index is -0.369. The summed E-state index contributed by atoms with van der Waals surface area (Å²) >= 11 is 0. The molecule has 0 aromatic heterocycles.